The zero-order chi connectivity index (χ0) is 14.8. The first-order chi connectivity index (χ1) is 10.1. The first kappa shape index (κ1) is 13.8. The maximum atomic E-state index is 11.3. The van der Waals surface area contributed by atoms with Crippen LogP contribution in [0.1, 0.15) is 18.1 Å². The molecule has 0 fully saturated rings. The first-order valence-electron chi connectivity index (χ1n) is 6.02. The maximum absolute atomic E-state index is 11.3. The molecule has 1 atom stereocenters. The van der Waals surface area contributed by atoms with Crippen molar-refractivity contribution < 1.29 is 4.42 Å². The average molecular weight is 321 g/mol. The van der Waals surface area contributed by atoms with Gasteiger partial charge in [-0.05, 0) is 18.4 Å². The van der Waals surface area contributed by atoms with E-state index in [-0.39, 0.29) is 16.6 Å². The van der Waals surface area contributed by atoms with Crippen molar-refractivity contribution in [3.05, 3.63) is 39.8 Å². The van der Waals surface area contributed by atoms with Crippen LogP contribution in [-0.4, -0.2) is 20.2 Å². The van der Waals surface area contributed by atoms with Gasteiger partial charge in [-0.15, -0.1) is 21.5 Å². The van der Waals surface area contributed by atoms with Gasteiger partial charge in [-0.1, -0.05) is 17.8 Å². The number of aromatic amines is 1. The molecule has 0 amide bonds. The minimum atomic E-state index is -0.290. The van der Waals surface area contributed by atoms with Crippen LogP contribution in [0.25, 0.3) is 10.8 Å². The number of thioether (sulfide) groups is 1. The number of nitrogens with one attached hydrogen (secondary N) is 1. The zero-order valence-corrected chi connectivity index (χ0v) is 12.6. The van der Waals surface area contributed by atoms with Crippen LogP contribution in [0.4, 0.5) is 5.82 Å². The number of thiophene rings is 1. The van der Waals surface area contributed by atoms with Crippen molar-refractivity contribution in [3.63, 3.8) is 0 Å². The Kier molecular flexibility index (Phi) is 3.76. The minimum absolute atomic E-state index is 0.156. The van der Waals surface area contributed by atoms with Crippen LogP contribution in [0, 0.1) is 0 Å². The summed E-state index contributed by atoms with van der Waals surface area (Å²) >= 11 is 2.83. The van der Waals surface area contributed by atoms with E-state index in [4.69, 9.17) is 10.2 Å². The SMILES string of the molecule is CC(Sc1nc(N)cc(=O)[nH]1)c1nnc(-c2cccs2)o1. The number of nitrogen functional groups attached to an aromatic ring is 1. The minimum Gasteiger partial charge on any atom is -0.419 e. The smallest absolute Gasteiger partial charge is 0.257 e. The van der Waals surface area contributed by atoms with E-state index in [2.05, 4.69) is 20.2 Å². The molecule has 0 aliphatic rings. The molecule has 0 spiro atoms. The van der Waals surface area contributed by atoms with E-state index in [0.29, 0.717) is 16.9 Å². The van der Waals surface area contributed by atoms with Crippen LogP contribution >= 0.6 is 23.1 Å². The molecular formula is C12H11N5O2S2. The maximum Gasteiger partial charge on any atom is 0.257 e. The highest BCUT2D eigenvalue weighted by Gasteiger charge is 2.18. The third-order valence-electron chi connectivity index (χ3n) is 2.55. The van der Waals surface area contributed by atoms with Crippen LogP contribution in [0.3, 0.4) is 0 Å². The van der Waals surface area contributed by atoms with Gasteiger partial charge < -0.3 is 15.1 Å². The van der Waals surface area contributed by atoms with Gasteiger partial charge in [0.25, 0.3) is 11.4 Å². The topological polar surface area (TPSA) is 111 Å². The quantitative estimate of drug-likeness (QED) is 0.560. The molecule has 3 N–H and O–H groups in total. The lowest BCUT2D eigenvalue weighted by Gasteiger charge is -2.05. The third kappa shape index (κ3) is 3.14. The third-order valence-corrected chi connectivity index (χ3v) is 4.38. The highest BCUT2D eigenvalue weighted by molar-refractivity contribution is 7.99. The average Bonchev–Trinajstić information content (AvgIpc) is 3.09. The molecule has 9 heteroatoms. The number of nitrogens with two attached hydrogens (primary N) is 1. The Balaban J connectivity index is 1.79. The van der Waals surface area contributed by atoms with Gasteiger partial charge in [0.2, 0.25) is 5.89 Å². The molecule has 108 valence electrons. The van der Waals surface area contributed by atoms with Crippen molar-refractivity contribution in [2.45, 2.75) is 17.3 Å². The van der Waals surface area contributed by atoms with Crippen molar-refractivity contribution in [1.82, 2.24) is 20.2 Å². The van der Waals surface area contributed by atoms with Crippen molar-refractivity contribution in [3.8, 4) is 10.8 Å². The lowest BCUT2D eigenvalue weighted by atomic mass is 10.5. The van der Waals surface area contributed by atoms with Gasteiger partial charge in [0, 0.05) is 6.07 Å². The Morgan fingerprint density at radius 1 is 1.48 bits per heavy atom. The normalized spacial score (nSPS) is 12.4. The summed E-state index contributed by atoms with van der Waals surface area (Å²) in [6.07, 6.45) is 0. The molecule has 1 unspecified atom stereocenters. The van der Waals surface area contributed by atoms with Gasteiger partial charge in [0.1, 0.15) is 5.82 Å². The second-order valence-electron chi connectivity index (χ2n) is 4.16. The van der Waals surface area contributed by atoms with Crippen molar-refractivity contribution in [2.24, 2.45) is 0 Å². The number of hydrogen-bond acceptors (Lipinski definition) is 8. The van der Waals surface area contributed by atoms with Crippen molar-refractivity contribution >= 4 is 28.9 Å². The molecule has 21 heavy (non-hydrogen) atoms. The summed E-state index contributed by atoms with van der Waals surface area (Å²) < 4.78 is 5.64. The number of nitrogens with zero attached hydrogens (tertiary/aromatic N) is 3. The van der Waals surface area contributed by atoms with Crippen LogP contribution in [0.5, 0.6) is 0 Å². The predicted octanol–water partition coefficient (Wildman–Crippen LogP) is 2.32. The number of anilines is 1. The summed E-state index contributed by atoms with van der Waals surface area (Å²) in [5.41, 5.74) is 5.26. The first-order valence-corrected chi connectivity index (χ1v) is 7.78. The highest BCUT2D eigenvalue weighted by atomic mass is 32.2. The van der Waals surface area contributed by atoms with Crippen LogP contribution < -0.4 is 11.3 Å². The molecule has 3 heterocycles. The lowest BCUT2D eigenvalue weighted by molar-refractivity contribution is 0.510. The summed E-state index contributed by atoms with van der Waals surface area (Å²) in [5.74, 6) is 1.13. The largest absolute Gasteiger partial charge is 0.419 e. The van der Waals surface area contributed by atoms with Crippen LogP contribution in [-0.2, 0) is 0 Å². The lowest BCUT2D eigenvalue weighted by Crippen LogP contribution is -2.09. The number of hydrogen-bond donors (Lipinski definition) is 2. The monoisotopic (exact) mass is 321 g/mol. The molecule has 3 aromatic rings. The summed E-state index contributed by atoms with van der Waals surface area (Å²) in [7, 11) is 0. The van der Waals surface area contributed by atoms with Gasteiger partial charge in [-0.2, -0.15) is 0 Å². The molecule has 3 aromatic heterocycles. The van der Waals surface area contributed by atoms with E-state index in [1.165, 1.54) is 29.2 Å². The molecule has 0 saturated carbocycles. The van der Waals surface area contributed by atoms with Gasteiger partial charge in [-0.3, -0.25) is 4.79 Å². The fourth-order valence-electron chi connectivity index (χ4n) is 1.63. The number of rotatable bonds is 4. The van der Waals surface area contributed by atoms with E-state index in [1.807, 2.05) is 24.4 Å². The zero-order valence-electron chi connectivity index (χ0n) is 10.9. The molecule has 3 rings (SSSR count). The molecule has 0 saturated heterocycles. The second kappa shape index (κ2) is 5.70. The molecule has 7 nitrogen and oxygen atoms in total. The van der Waals surface area contributed by atoms with E-state index in [0.717, 1.165) is 4.88 Å². The summed E-state index contributed by atoms with van der Waals surface area (Å²) in [5, 5.41) is 10.3. The van der Waals surface area contributed by atoms with E-state index >= 15 is 0 Å². The van der Waals surface area contributed by atoms with E-state index in [9.17, 15) is 4.79 Å². The Bertz CT molecular complexity index is 796. The molecular weight excluding hydrogens is 310 g/mol. The van der Waals surface area contributed by atoms with Crippen LogP contribution in [0.2, 0.25) is 0 Å². The van der Waals surface area contributed by atoms with Gasteiger partial charge in [0.05, 0.1) is 10.1 Å². The Morgan fingerprint density at radius 2 is 2.33 bits per heavy atom. The summed E-state index contributed by atoms with van der Waals surface area (Å²) in [6.45, 7) is 1.89. The van der Waals surface area contributed by atoms with Crippen molar-refractivity contribution in [1.29, 1.82) is 0 Å². The summed E-state index contributed by atoms with van der Waals surface area (Å²) in [6, 6.07) is 5.07. The van der Waals surface area contributed by atoms with Gasteiger partial charge >= 0.3 is 0 Å². The Labute approximate surface area is 127 Å². The molecule has 0 aromatic carbocycles. The van der Waals surface area contributed by atoms with Gasteiger partial charge in [0.15, 0.2) is 5.16 Å². The Hall–Kier alpha value is -2.13. The fraction of sp³-hybridized carbons (Fsp3) is 0.167. The van der Waals surface area contributed by atoms with E-state index < -0.39 is 0 Å². The summed E-state index contributed by atoms with van der Waals surface area (Å²) in [4.78, 5) is 18.9. The second-order valence-corrected chi connectivity index (χ2v) is 6.44. The van der Waals surface area contributed by atoms with Crippen LogP contribution in [0.15, 0.2) is 37.9 Å². The highest BCUT2D eigenvalue weighted by Crippen LogP contribution is 2.33. The number of aromatic nitrogens is 4. The Morgan fingerprint density at radius 3 is 3.05 bits per heavy atom. The van der Waals surface area contributed by atoms with Gasteiger partial charge in [-0.25, -0.2) is 4.98 Å². The fourth-order valence-corrected chi connectivity index (χ4v) is 3.12. The molecule has 0 radical (unpaired) electrons. The van der Waals surface area contributed by atoms with E-state index in [1.54, 1.807) is 0 Å². The molecule has 0 aliphatic carbocycles. The van der Waals surface area contributed by atoms with Crippen molar-refractivity contribution in [2.75, 3.05) is 5.73 Å². The standard InChI is InChI=1S/C12H11N5O2S2/c1-6(21-12-14-8(13)5-9(18)15-12)10-16-17-11(19-10)7-3-2-4-20-7/h2-6H,1H3,(H3,13,14,15,18). The predicted molar refractivity (Wildman–Crippen MR) is 81.2 cm³/mol. The number of H-pyrrole nitrogens is 1. The molecule has 0 aliphatic heterocycles. The molecule has 0 bridgehead atoms.